The summed E-state index contributed by atoms with van der Waals surface area (Å²) in [5.74, 6) is 1.66. The molecule has 1 aromatic rings. The summed E-state index contributed by atoms with van der Waals surface area (Å²) in [5.41, 5.74) is -0.286. The molecule has 0 saturated heterocycles. The number of hydrogen-bond donors (Lipinski definition) is 2. The van der Waals surface area contributed by atoms with E-state index < -0.39 is 0 Å². The Kier molecular flexibility index (Phi) is 5.95. The average Bonchev–Trinajstić information content (AvgIpc) is 2.41. The van der Waals surface area contributed by atoms with Gasteiger partial charge < -0.3 is 19.9 Å². The van der Waals surface area contributed by atoms with Gasteiger partial charge in [-0.3, -0.25) is 0 Å². The number of hydrogen-bond acceptors (Lipinski definition) is 4. The van der Waals surface area contributed by atoms with Crippen molar-refractivity contribution in [2.75, 3.05) is 26.9 Å². The van der Waals surface area contributed by atoms with Crippen LogP contribution in [-0.4, -0.2) is 37.5 Å². The fourth-order valence-corrected chi connectivity index (χ4v) is 1.48. The zero-order valence-electron chi connectivity index (χ0n) is 11.4. The molecule has 0 aliphatic heterocycles. The van der Waals surface area contributed by atoms with E-state index in [0.717, 1.165) is 17.9 Å². The Morgan fingerprint density at radius 2 is 1.72 bits per heavy atom. The number of rotatable bonds is 8. The summed E-state index contributed by atoms with van der Waals surface area (Å²) in [4.78, 5) is 0. The molecule has 0 fully saturated rings. The summed E-state index contributed by atoms with van der Waals surface area (Å²) in [6, 6.07) is 7.56. The monoisotopic (exact) mass is 253 g/mol. The van der Waals surface area contributed by atoms with Crippen molar-refractivity contribution in [3.05, 3.63) is 24.3 Å². The third kappa shape index (κ3) is 4.55. The molecule has 0 saturated carbocycles. The normalized spacial score (nSPS) is 14.0. The molecular weight excluding hydrogens is 230 g/mol. The van der Waals surface area contributed by atoms with E-state index in [4.69, 9.17) is 9.47 Å². The molecule has 0 bridgehead atoms. The van der Waals surface area contributed by atoms with Crippen LogP contribution in [0, 0.1) is 0 Å². The molecule has 4 nitrogen and oxygen atoms in total. The minimum atomic E-state index is -0.286. The van der Waals surface area contributed by atoms with Gasteiger partial charge in [0.05, 0.1) is 19.8 Å². The summed E-state index contributed by atoms with van der Waals surface area (Å²) in [5, 5.41) is 12.3. The van der Waals surface area contributed by atoms with Crippen LogP contribution in [0.4, 0.5) is 0 Å². The van der Waals surface area contributed by atoms with E-state index in [-0.39, 0.29) is 12.1 Å². The van der Waals surface area contributed by atoms with Gasteiger partial charge in [-0.05, 0) is 45.2 Å². The van der Waals surface area contributed by atoms with Crippen LogP contribution in [0.2, 0.25) is 0 Å². The van der Waals surface area contributed by atoms with Crippen molar-refractivity contribution < 1.29 is 14.6 Å². The van der Waals surface area contributed by atoms with E-state index in [1.54, 1.807) is 0 Å². The topological polar surface area (TPSA) is 50.7 Å². The van der Waals surface area contributed by atoms with E-state index in [9.17, 15) is 5.11 Å². The molecule has 1 rings (SSSR count). The van der Waals surface area contributed by atoms with Crippen LogP contribution in [0.1, 0.15) is 20.3 Å². The van der Waals surface area contributed by atoms with Gasteiger partial charge in [-0.2, -0.15) is 0 Å². The summed E-state index contributed by atoms with van der Waals surface area (Å²) in [6.07, 6.45) is 0.743. The average molecular weight is 253 g/mol. The predicted molar refractivity (Wildman–Crippen MR) is 72.3 cm³/mol. The molecule has 0 amide bonds. The molecule has 0 heterocycles. The van der Waals surface area contributed by atoms with Gasteiger partial charge in [0, 0.05) is 12.0 Å². The number of likely N-dealkylation sites (N-methyl/N-ethyl adjacent to an activating group) is 1. The molecule has 0 aromatic heterocycles. The van der Waals surface area contributed by atoms with Crippen LogP contribution in [0.25, 0.3) is 0 Å². The Hall–Kier alpha value is -1.26. The van der Waals surface area contributed by atoms with Crippen molar-refractivity contribution in [2.45, 2.75) is 25.8 Å². The molecule has 18 heavy (non-hydrogen) atoms. The molecule has 4 heteroatoms. The Morgan fingerprint density at radius 3 is 2.17 bits per heavy atom. The van der Waals surface area contributed by atoms with Crippen molar-refractivity contribution in [3.8, 4) is 11.5 Å². The quantitative estimate of drug-likeness (QED) is 0.742. The summed E-state index contributed by atoms with van der Waals surface area (Å²) >= 11 is 0. The lowest BCUT2D eigenvalue weighted by Crippen LogP contribution is -2.44. The first-order valence-corrected chi connectivity index (χ1v) is 6.29. The maximum absolute atomic E-state index is 9.24. The van der Waals surface area contributed by atoms with Crippen molar-refractivity contribution in [1.29, 1.82) is 0 Å². The van der Waals surface area contributed by atoms with Crippen molar-refractivity contribution >= 4 is 0 Å². The maximum Gasteiger partial charge on any atom is 0.119 e. The number of aliphatic hydroxyl groups is 1. The van der Waals surface area contributed by atoms with E-state index in [2.05, 4.69) is 5.32 Å². The zero-order valence-corrected chi connectivity index (χ0v) is 11.4. The number of ether oxygens (including phenoxy) is 2. The lowest BCUT2D eigenvalue weighted by Gasteiger charge is -2.26. The van der Waals surface area contributed by atoms with E-state index in [1.807, 2.05) is 45.2 Å². The number of aliphatic hydroxyl groups excluding tert-OH is 1. The molecule has 2 N–H and O–H groups in total. The van der Waals surface area contributed by atoms with Crippen molar-refractivity contribution in [3.63, 3.8) is 0 Å². The Bertz CT molecular complexity index is 333. The third-order valence-corrected chi connectivity index (χ3v) is 3.01. The lowest BCUT2D eigenvalue weighted by molar-refractivity contribution is 0.151. The minimum Gasteiger partial charge on any atom is -0.494 e. The highest BCUT2D eigenvalue weighted by Gasteiger charge is 2.20. The third-order valence-electron chi connectivity index (χ3n) is 3.01. The highest BCUT2D eigenvalue weighted by molar-refractivity contribution is 5.31. The molecule has 0 spiro atoms. The van der Waals surface area contributed by atoms with Crippen molar-refractivity contribution in [1.82, 2.24) is 5.32 Å². The number of benzene rings is 1. The van der Waals surface area contributed by atoms with Gasteiger partial charge in [-0.25, -0.2) is 0 Å². The van der Waals surface area contributed by atoms with Gasteiger partial charge in [-0.1, -0.05) is 0 Å². The fraction of sp³-hybridized carbons (Fsp3) is 0.571. The van der Waals surface area contributed by atoms with Gasteiger partial charge in [0.2, 0.25) is 0 Å². The molecule has 0 aliphatic rings. The summed E-state index contributed by atoms with van der Waals surface area (Å²) in [6.45, 7) is 5.24. The van der Waals surface area contributed by atoms with Gasteiger partial charge in [0.15, 0.2) is 0 Å². The second kappa shape index (κ2) is 7.24. The highest BCUT2D eigenvalue weighted by atomic mass is 16.5. The molecule has 0 radical (unpaired) electrons. The second-order valence-corrected chi connectivity index (χ2v) is 4.47. The van der Waals surface area contributed by atoms with Gasteiger partial charge in [0.1, 0.15) is 11.5 Å². The minimum absolute atomic E-state index is 0.0934. The van der Waals surface area contributed by atoms with Crippen LogP contribution in [-0.2, 0) is 0 Å². The molecule has 1 unspecified atom stereocenters. The van der Waals surface area contributed by atoms with E-state index >= 15 is 0 Å². The molecule has 102 valence electrons. The first-order chi connectivity index (χ1) is 8.63. The van der Waals surface area contributed by atoms with Crippen LogP contribution in [0.5, 0.6) is 11.5 Å². The Balaban J connectivity index is 2.39. The Morgan fingerprint density at radius 1 is 1.17 bits per heavy atom. The SMILES string of the molecule is CCOc1ccc(OCCC(C)(CO)NC)cc1. The van der Waals surface area contributed by atoms with Gasteiger partial charge in [-0.15, -0.1) is 0 Å². The summed E-state index contributed by atoms with van der Waals surface area (Å²) in [7, 11) is 1.84. The first kappa shape index (κ1) is 14.8. The smallest absolute Gasteiger partial charge is 0.119 e. The largest absolute Gasteiger partial charge is 0.494 e. The fourth-order valence-electron chi connectivity index (χ4n) is 1.48. The molecule has 1 aromatic carbocycles. The van der Waals surface area contributed by atoms with Crippen LogP contribution in [0.3, 0.4) is 0 Å². The lowest BCUT2D eigenvalue weighted by atomic mass is 10.0. The molecule has 1 atom stereocenters. The predicted octanol–water partition coefficient (Wildman–Crippen LogP) is 1.82. The van der Waals surface area contributed by atoms with E-state index in [1.165, 1.54) is 0 Å². The Labute approximate surface area is 109 Å². The maximum atomic E-state index is 9.24. The van der Waals surface area contributed by atoms with Gasteiger partial charge in [0.25, 0.3) is 0 Å². The van der Waals surface area contributed by atoms with Gasteiger partial charge >= 0.3 is 0 Å². The first-order valence-electron chi connectivity index (χ1n) is 6.29. The van der Waals surface area contributed by atoms with Crippen LogP contribution < -0.4 is 14.8 Å². The highest BCUT2D eigenvalue weighted by Crippen LogP contribution is 2.18. The van der Waals surface area contributed by atoms with E-state index in [0.29, 0.717) is 13.2 Å². The molecule has 0 aliphatic carbocycles. The standard InChI is InChI=1S/C14H23NO3/c1-4-17-12-5-7-13(8-6-12)18-10-9-14(2,11-16)15-3/h5-8,15-16H,4,9-11H2,1-3H3. The summed E-state index contributed by atoms with van der Waals surface area (Å²) < 4.78 is 11.0. The number of nitrogens with one attached hydrogen (secondary N) is 1. The van der Waals surface area contributed by atoms with Crippen LogP contribution >= 0.6 is 0 Å². The molecular formula is C14H23NO3. The van der Waals surface area contributed by atoms with Crippen molar-refractivity contribution in [2.24, 2.45) is 0 Å². The second-order valence-electron chi connectivity index (χ2n) is 4.47. The zero-order chi connectivity index (χ0) is 13.4. The van der Waals surface area contributed by atoms with Crippen LogP contribution in [0.15, 0.2) is 24.3 Å².